The van der Waals surface area contributed by atoms with Gasteiger partial charge < -0.3 is 10.0 Å². The van der Waals surface area contributed by atoms with Gasteiger partial charge in [-0.25, -0.2) is 0 Å². The van der Waals surface area contributed by atoms with Crippen molar-refractivity contribution in [3.05, 3.63) is 48.0 Å². The SMILES string of the molecule is Cc1cc(-c2ccc(N(C)C)cc2)ccc1O. The maximum atomic E-state index is 9.50. The van der Waals surface area contributed by atoms with E-state index >= 15 is 0 Å². The number of benzene rings is 2. The van der Waals surface area contributed by atoms with Crippen molar-refractivity contribution in [1.82, 2.24) is 0 Å². The van der Waals surface area contributed by atoms with Crippen molar-refractivity contribution in [2.75, 3.05) is 19.0 Å². The van der Waals surface area contributed by atoms with E-state index in [-0.39, 0.29) is 0 Å². The molecule has 0 aliphatic heterocycles. The van der Waals surface area contributed by atoms with E-state index < -0.39 is 0 Å². The van der Waals surface area contributed by atoms with Gasteiger partial charge in [0.25, 0.3) is 0 Å². The van der Waals surface area contributed by atoms with Crippen molar-refractivity contribution in [3.8, 4) is 16.9 Å². The van der Waals surface area contributed by atoms with E-state index in [4.69, 9.17) is 0 Å². The minimum absolute atomic E-state index is 0.346. The number of hydrogen-bond donors (Lipinski definition) is 1. The zero-order valence-corrected chi connectivity index (χ0v) is 10.4. The lowest BCUT2D eigenvalue weighted by Crippen LogP contribution is -2.07. The minimum Gasteiger partial charge on any atom is -0.508 e. The molecule has 0 radical (unpaired) electrons. The smallest absolute Gasteiger partial charge is 0.118 e. The molecule has 1 N–H and O–H groups in total. The van der Waals surface area contributed by atoms with Crippen LogP contribution in [0, 0.1) is 6.92 Å². The van der Waals surface area contributed by atoms with Crippen LogP contribution in [0.1, 0.15) is 5.56 Å². The number of aryl methyl sites for hydroxylation is 1. The fourth-order valence-electron chi connectivity index (χ4n) is 1.79. The average Bonchev–Trinajstić information content (AvgIpc) is 2.33. The number of phenols is 1. The highest BCUT2D eigenvalue weighted by Crippen LogP contribution is 2.26. The monoisotopic (exact) mass is 227 g/mol. The molecule has 0 saturated carbocycles. The van der Waals surface area contributed by atoms with Crippen molar-refractivity contribution < 1.29 is 5.11 Å². The zero-order chi connectivity index (χ0) is 12.4. The fraction of sp³-hybridized carbons (Fsp3) is 0.200. The fourth-order valence-corrected chi connectivity index (χ4v) is 1.79. The van der Waals surface area contributed by atoms with Crippen LogP contribution >= 0.6 is 0 Å². The van der Waals surface area contributed by atoms with Gasteiger partial charge in [0.2, 0.25) is 0 Å². The van der Waals surface area contributed by atoms with E-state index in [2.05, 4.69) is 29.2 Å². The number of hydrogen-bond acceptors (Lipinski definition) is 2. The summed E-state index contributed by atoms with van der Waals surface area (Å²) in [4.78, 5) is 2.08. The molecule has 0 amide bonds. The molecule has 0 aromatic heterocycles. The Morgan fingerprint density at radius 2 is 1.47 bits per heavy atom. The number of aromatic hydroxyl groups is 1. The van der Waals surface area contributed by atoms with Gasteiger partial charge in [0.15, 0.2) is 0 Å². The van der Waals surface area contributed by atoms with Crippen LogP contribution in [0.25, 0.3) is 11.1 Å². The Hall–Kier alpha value is -1.96. The summed E-state index contributed by atoms with van der Waals surface area (Å²) in [6.07, 6.45) is 0. The standard InChI is InChI=1S/C15H17NO/c1-11-10-13(6-9-15(11)17)12-4-7-14(8-5-12)16(2)3/h4-10,17H,1-3H3. The van der Waals surface area contributed by atoms with Crippen molar-refractivity contribution in [2.45, 2.75) is 6.92 Å². The van der Waals surface area contributed by atoms with Gasteiger partial charge in [-0.05, 0) is 47.9 Å². The lowest BCUT2D eigenvalue weighted by molar-refractivity contribution is 0.471. The molecule has 0 spiro atoms. The second-order valence-corrected chi connectivity index (χ2v) is 4.44. The molecular weight excluding hydrogens is 210 g/mol. The Morgan fingerprint density at radius 1 is 0.882 bits per heavy atom. The second kappa shape index (κ2) is 4.50. The van der Waals surface area contributed by atoms with Gasteiger partial charge in [0.05, 0.1) is 0 Å². The minimum atomic E-state index is 0.346. The van der Waals surface area contributed by atoms with Crippen molar-refractivity contribution in [2.24, 2.45) is 0 Å². The summed E-state index contributed by atoms with van der Waals surface area (Å²) in [5.41, 5.74) is 4.38. The van der Waals surface area contributed by atoms with Crippen molar-refractivity contribution in [1.29, 1.82) is 0 Å². The van der Waals surface area contributed by atoms with Crippen LogP contribution in [-0.2, 0) is 0 Å². The first-order valence-electron chi connectivity index (χ1n) is 5.65. The summed E-state index contributed by atoms with van der Waals surface area (Å²) in [6, 6.07) is 14.1. The Labute approximate surface area is 102 Å². The van der Waals surface area contributed by atoms with Gasteiger partial charge in [-0.15, -0.1) is 0 Å². The summed E-state index contributed by atoms with van der Waals surface area (Å²) in [5, 5.41) is 9.50. The predicted molar refractivity (Wildman–Crippen MR) is 72.6 cm³/mol. The van der Waals surface area contributed by atoms with Crippen LogP contribution in [0.2, 0.25) is 0 Å². The molecule has 17 heavy (non-hydrogen) atoms. The van der Waals surface area contributed by atoms with Crippen LogP contribution < -0.4 is 4.90 Å². The van der Waals surface area contributed by atoms with Crippen molar-refractivity contribution in [3.63, 3.8) is 0 Å². The normalized spacial score (nSPS) is 10.3. The molecule has 2 heteroatoms. The van der Waals surface area contributed by atoms with E-state index in [1.54, 1.807) is 6.07 Å². The Morgan fingerprint density at radius 3 is 2.00 bits per heavy atom. The van der Waals surface area contributed by atoms with Crippen LogP contribution in [-0.4, -0.2) is 19.2 Å². The first-order chi connectivity index (χ1) is 8.08. The summed E-state index contributed by atoms with van der Waals surface area (Å²) >= 11 is 0. The third-order valence-electron chi connectivity index (χ3n) is 2.91. The Kier molecular flexibility index (Phi) is 3.05. The van der Waals surface area contributed by atoms with Crippen molar-refractivity contribution >= 4 is 5.69 Å². The van der Waals surface area contributed by atoms with Gasteiger partial charge in [0, 0.05) is 19.8 Å². The van der Waals surface area contributed by atoms with Crippen LogP contribution in [0.4, 0.5) is 5.69 Å². The van der Waals surface area contributed by atoms with E-state index in [0.29, 0.717) is 5.75 Å². The number of nitrogens with zero attached hydrogens (tertiary/aromatic N) is 1. The molecule has 2 nitrogen and oxygen atoms in total. The maximum absolute atomic E-state index is 9.50. The van der Waals surface area contributed by atoms with Crippen LogP contribution in [0.3, 0.4) is 0 Å². The number of anilines is 1. The third kappa shape index (κ3) is 2.41. The molecule has 88 valence electrons. The van der Waals surface area contributed by atoms with E-state index in [9.17, 15) is 5.11 Å². The average molecular weight is 227 g/mol. The molecule has 0 bridgehead atoms. The van der Waals surface area contributed by atoms with Gasteiger partial charge in [-0.3, -0.25) is 0 Å². The van der Waals surface area contributed by atoms with E-state index in [0.717, 1.165) is 11.1 Å². The van der Waals surface area contributed by atoms with E-state index in [1.807, 2.05) is 33.2 Å². The largest absolute Gasteiger partial charge is 0.508 e. The third-order valence-corrected chi connectivity index (χ3v) is 2.91. The topological polar surface area (TPSA) is 23.5 Å². The molecule has 2 rings (SSSR count). The van der Waals surface area contributed by atoms with Gasteiger partial charge >= 0.3 is 0 Å². The molecule has 0 heterocycles. The molecule has 2 aromatic carbocycles. The lowest BCUT2D eigenvalue weighted by Gasteiger charge is -2.13. The number of phenolic OH excluding ortho intramolecular Hbond substituents is 1. The molecule has 0 aliphatic rings. The number of rotatable bonds is 2. The lowest BCUT2D eigenvalue weighted by atomic mass is 10.0. The predicted octanol–water partition coefficient (Wildman–Crippen LogP) is 3.43. The maximum Gasteiger partial charge on any atom is 0.118 e. The van der Waals surface area contributed by atoms with Crippen LogP contribution in [0.15, 0.2) is 42.5 Å². The summed E-state index contributed by atoms with van der Waals surface area (Å²) in [5.74, 6) is 0.346. The van der Waals surface area contributed by atoms with Crippen LogP contribution in [0.5, 0.6) is 5.75 Å². The quantitative estimate of drug-likeness (QED) is 0.849. The summed E-state index contributed by atoms with van der Waals surface area (Å²) in [6.45, 7) is 1.91. The molecule has 0 fully saturated rings. The van der Waals surface area contributed by atoms with Gasteiger partial charge in [-0.1, -0.05) is 18.2 Å². The highest BCUT2D eigenvalue weighted by molar-refractivity contribution is 5.67. The highest BCUT2D eigenvalue weighted by atomic mass is 16.3. The molecular formula is C15H17NO. The first-order valence-corrected chi connectivity index (χ1v) is 5.65. The summed E-state index contributed by atoms with van der Waals surface area (Å²) < 4.78 is 0. The highest BCUT2D eigenvalue weighted by Gasteiger charge is 2.01. The first kappa shape index (κ1) is 11.5. The molecule has 0 aliphatic carbocycles. The van der Waals surface area contributed by atoms with E-state index in [1.165, 1.54) is 11.3 Å². The van der Waals surface area contributed by atoms with Gasteiger partial charge in [0.1, 0.15) is 5.75 Å². The summed E-state index contributed by atoms with van der Waals surface area (Å²) in [7, 11) is 4.05. The molecule has 0 saturated heterocycles. The molecule has 2 aromatic rings. The Bertz CT molecular complexity index is 515. The zero-order valence-electron chi connectivity index (χ0n) is 10.4. The molecule has 0 atom stereocenters. The Balaban J connectivity index is 2.36. The van der Waals surface area contributed by atoms with Gasteiger partial charge in [-0.2, -0.15) is 0 Å². The second-order valence-electron chi connectivity index (χ2n) is 4.44. The molecule has 0 unspecified atom stereocenters.